The van der Waals surface area contributed by atoms with Crippen LogP contribution in [0.3, 0.4) is 0 Å². The summed E-state index contributed by atoms with van der Waals surface area (Å²) in [6, 6.07) is 0. The van der Waals surface area contributed by atoms with Crippen molar-refractivity contribution >= 4 is 0 Å². The van der Waals surface area contributed by atoms with Crippen LogP contribution in [-0.2, 0) is 0 Å². The summed E-state index contributed by atoms with van der Waals surface area (Å²) in [5, 5.41) is 9.72. The van der Waals surface area contributed by atoms with Crippen molar-refractivity contribution in [1.29, 1.82) is 0 Å². The van der Waals surface area contributed by atoms with Gasteiger partial charge in [0.1, 0.15) is 0 Å². The zero-order chi connectivity index (χ0) is 9.10. The third kappa shape index (κ3) is 3.30. The van der Waals surface area contributed by atoms with E-state index in [-0.39, 0.29) is 6.10 Å². The van der Waals surface area contributed by atoms with E-state index in [1.54, 1.807) is 0 Å². The van der Waals surface area contributed by atoms with E-state index >= 15 is 0 Å². The van der Waals surface area contributed by atoms with Crippen LogP contribution in [0.1, 0.15) is 57.8 Å². The molecule has 0 heterocycles. The molecule has 2 aliphatic carbocycles. The van der Waals surface area contributed by atoms with Gasteiger partial charge in [0.25, 0.3) is 0 Å². The van der Waals surface area contributed by atoms with Crippen molar-refractivity contribution in [3.05, 3.63) is 0 Å². The second-order valence-electron chi connectivity index (χ2n) is 5.06. The van der Waals surface area contributed by atoms with Crippen LogP contribution in [0, 0.1) is 11.8 Å². The van der Waals surface area contributed by atoms with Gasteiger partial charge in [-0.25, -0.2) is 0 Å². The number of rotatable bonds is 5. The van der Waals surface area contributed by atoms with Crippen molar-refractivity contribution in [2.45, 2.75) is 63.9 Å². The summed E-state index contributed by atoms with van der Waals surface area (Å²) < 4.78 is 0. The van der Waals surface area contributed by atoms with E-state index in [9.17, 15) is 5.11 Å². The molecule has 0 radical (unpaired) electrons. The minimum atomic E-state index is 0.0214. The third-order valence-corrected chi connectivity index (χ3v) is 3.69. The zero-order valence-corrected chi connectivity index (χ0v) is 8.54. The second-order valence-corrected chi connectivity index (χ2v) is 5.06. The van der Waals surface area contributed by atoms with Gasteiger partial charge in [0.05, 0.1) is 6.10 Å². The molecule has 0 aromatic carbocycles. The van der Waals surface area contributed by atoms with Crippen LogP contribution in [0.2, 0.25) is 0 Å². The molecule has 1 N–H and O–H groups in total. The van der Waals surface area contributed by atoms with Gasteiger partial charge in [-0.05, 0) is 31.1 Å². The fourth-order valence-corrected chi connectivity index (χ4v) is 2.58. The normalized spacial score (nSPS) is 26.5. The topological polar surface area (TPSA) is 20.2 Å². The lowest BCUT2D eigenvalue weighted by atomic mass is 9.98. The quantitative estimate of drug-likeness (QED) is 0.692. The van der Waals surface area contributed by atoms with E-state index in [2.05, 4.69) is 0 Å². The molecular weight excluding hydrogens is 160 g/mol. The molecule has 2 fully saturated rings. The van der Waals surface area contributed by atoms with Crippen molar-refractivity contribution in [3.8, 4) is 0 Å². The molecule has 0 spiro atoms. The summed E-state index contributed by atoms with van der Waals surface area (Å²) >= 11 is 0. The molecule has 0 aliphatic heterocycles. The molecule has 0 aromatic heterocycles. The minimum Gasteiger partial charge on any atom is -0.393 e. The van der Waals surface area contributed by atoms with E-state index in [0.29, 0.717) is 0 Å². The molecule has 1 heteroatoms. The van der Waals surface area contributed by atoms with Gasteiger partial charge < -0.3 is 5.11 Å². The van der Waals surface area contributed by atoms with Gasteiger partial charge >= 0.3 is 0 Å². The second kappa shape index (κ2) is 4.45. The molecule has 0 aromatic rings. The molecule has 13 heavy (non-hydrogen) atoms. The Morgan fingerprint density at radius 1 is 1.00 bits per heavy atom. The SMILES string of the molecule is OC(CCC1CCCC1)CC1CC1. The zero-order valence-electron chi connectivity index (χ0n) is 8.54. The summed E-state index contributed by atoms with van der Waals surface area (Å²) in [5.74, 6) is 1.84. The number of hydrogen-bond donors (Lipinski definition) is 1. The Hall–Kier alpha value is -0.0400. The van der Waals surface area contributed by atoms with E-state index in [0.717, 1.165) is 24.7 Å². The molecule has 1 atom stereocenters. The highest BCUT2D eigenvalue weighted by atomic mass is 16.3. The van der Waals surface area contributed by atoms with Crippen LogP contribution >= 0.6 is 0 Å². The first-order valence-corrected chi connectivity index (χ1v) is 6.02. The standard InChI is InChI=1S/C12H22O/c13-12(9-11-5-6-11)8-7-10-3-1-2-4-10/h10-13H,1-9H2. The Morgan fingerprint density at radius 3 is 2.31 bits per heavy atom. The van der Waals surface area contributed by atoms with Gasteiger partial charge in [-0.1, -0.05) is 38.5 Å². The molecule has 1 unspecified atom stereocenters. The third-order valence-electron chi connectivity index (χ3n) is 3.69. The van der Waals surface area contributed by atoms with E-state index in [1.807, 2.05) is 0 Å². The van der Waals surface area contributed by atoms with E-state index < -0.39 is 0 Å². The Kier molecular flexibility index (Phi) is 3.26. The first-order chi connectivity index (χ1) is 6.34. The molecule has 0 bridgehead atoms. The smallest absolute Gasteiger partial charge is 0.0543 e. The average Bonchev–Trinajstić information content (AvgIpc) is 2.78. The largest absolute Gasteiger partial charge is 0.393 e. The van der Waals surface area contributed by atoms with Gasteiger partial charge in [0, 0.05) is 0 Å². The van der Waals surface area contributed by atoms with Crippen LogP contribution in [0.25, 0.3) is 0 Å². The fourth-order valence-electron chi connectivity index (χ4n) is 2.58. The number of aliphatic hydroxyl groups excluding tert-OH is 1. The highest BCUT2D eigenvalue weighted by Crippen LogP contribution is 2.35. The van der Waals surface area contributed by atoms with Crippen LogP contribution in [0.4, 0.5) is 0 Å². The van der Waals surface area contributed by atoms with Gasteiger partial charge in [0.15, 0.2) is 0 Å². The summed E-state index contributed by atoms with van der Waals surface area (Å²) in [6.07, 6.45) is 11.9. The summed E-state index contributed by atoms with van der Waals surface area (Å²) in [6.45, 7) is 0. The monoisotopic (exact) mass is 182 g/mol. The van der Waals surface area contributed by atoms with Crippen LogP contribution in [-0.4, -0.2) is 11.2 Å². The van der Waals surface area contributed by atoms with Crippen molar-refractivity contribution in [3.63, 3.8) is 0 Å². The lowest BCUT2D eigenvalue weighted by molar-refractivity contribution is 0.139. The molecule has 2 saturated carbocycles. The molecule has 0 saturated heterocycles. The Bertz CT molecular complexity index is 145. The average molecular weight is 182 g/mol. The summed E-state index contributed by atoms with van der Waals surface area (Å²) in [7, 11) is 0. The lowest BCUT2D eigenvalue weighted by Crippen LogP contribution is -2.09. The van der Waals surface area contributed by atoms with Gasteiger partial charge in [-0.15, -0.1) is 0 Å². The maximum atomic E-state index is 9.72. The molecular formula is C12H22O. The fraction of sp³-hybridized carbons (Fsp3) is 1.00. The maximum absolute atomic E-state index is 9.72. The molecule has 2 rings (SSSR count). The predicted octanol–water partition coefficient (Wildman–Crippen LogP) is 3.12. The first kappa shape index (κ1) is 9.51. The van der Waals surface area contributed by atoms with Gasteiger partial charge in [-0.3, -0.25) is 0 Å². The number of hydrogen-bond acceptors (Lipinski definition) is 1. The summed E-state index contributed by atoms with van der Waals surface area (Å²) in [4.78, 5) is 0. The molecule has 2 aliphatic rings. The van der Waals surface area contributed by atoms with Crippen LogP contribution < -0.4 is 0 Å². The number of aliphatic hydroxyl groups is 1. The van der Waals surface area contributed by atoms with Crippen molar-refractivity contribution in [2.24, 2.45) is 11.8 Å². The van der Waals surface area contributed by atoms with Crippen molar-refractivity contribution in [1.82, 2.24) is 0 Å². The minimum absolute atomic E-state index is 0.0214. The summed E-state index contributed by atoms with van der Waals surface area (Å²) in [5.41, 5.74) is 0. The first-order valence-electron chi connectivity index (χ1n) is 6.02. The van der Waals surface area contributed by atoms with Crippen molar-refractivity contribution in [2.75, 3.05) is 0 Å². The Labute approximate surface area is 81.5 Å². The maximum Gasteiger partial charge on any atom is 0.0543 e. The Balaban J connectivity index is 1.54. The van der Waals surface area contributed by atoms with Crippen LogP contribution in [0.5, 0.6) is 0 Å². The van der Waals surface area contributed by atoms with E-state index in [1.165, 1.54) is 44.9 Å². The predicted molar refractivity (Wildman–Crippen MR) is 54.5 cm³/mol. The van der Waals surface area contributed by atoms with Gasteiger partial charge in [0.2, 0.25) is 0 Å². The lowest BCUT2D eigenvalue weighted by Gasteiger charge is -2.13. The molecule has 0 amide bonds. The highest BCUT2D eigenvalue weighted by Gasteiger charge is 2.25. The highest BCUT2D eigenvalue weighted by molar-refractivity contribution is 4.77. The van der Waals surface area contributed by atoms with Crippen LogP contribution in [0.15, 0.2) is 0 Å². The van der Waals surface area contributed by atoms with E-state index in [4.69, 9.17) is 0 Å². The molecule has 76 valence electrons. The van der Waals surface area contributed by atoms with Crippen molar-refractivity contribution < 1.29 is 5.11 Å². The molecule has 1 nitrogen and oxygen atoms in total. The Morgan fingerprint density at radius 2 is 1.69 bits per heavy atom. The van der Waals surface area contributed by atoms with Gasteiger partial charge in [-0.2, -0.15) is 0 Å².